The fourth-order valence-corrected chi connectivity index (χ4v) is 3.89. The van der Waals surface area contributed by atoms with Gasteiger partial charge in [-0.1, -0.05) is 57.5 Å². The highest BCUT2D eigenvalue weighted by Gasteiger charge is 2.28. The van der Waals surface area contributed by atoms with Gasteiger partial charge in [0.05, 0.1) is 25.2 Å². The van der Waals surface area contributed by atoms with E-state index in [9.17, 15) is 4.79 Å². The molecule has 29 heavy (non-hydrogen) atoms. The first-order valence-electron chi connectivity index (χ1n) is 10.3. The summed E-state index contributed by atoms with van der Waals surface area (Å²) in [6.45, 7) is 9.66. The third kappa shape index (κ3) is 5.24. The molecule has 1 heterocycles. The van der Waals surface area contributed by atoms with Gasteiger partial charge in [-0.3, -0.25) is 4.79 Å². The van der Waals surface area contributed by atoms with E-state index in [1.54, 1.807) is 0 Å². The van der Waals surface area contributed by atoms with Crippen LogP contribution in [0.3, 0.4) is 0 Å². The van der Waals surface area contributed by atoms with Gasteiger partial charge in [0.25, 0.3) is 0 Å². The number of carbonyl (C=O) groups excluding carboxylic acids is 1. The topological polar surface area (TPSA) is 47.6 Å². The Bertz CT molecular complexity index is 833. The lowest BCUT2D eigenvalue weighted by Gasteiger charge is -2.28. The zero-order valence-corrected chi connectivity index (χ0v) is 18.3. The Morgan fingerprint density at radius 2 is 1.52 bits per heavy atom. The molecular weight excluding hydrogens is 386 g/mol. The van der Waals surface area contributed by atoms with Crippen LogP contribution in [0.4, 0.5) is 0 Å². The summed E-state index contributed by atoms with van der Waals surface area (Å²) in [6.07, 6.45) is 0.867. The quantitative estimate of drug-likeness (QED) is 0.652. The van der Waals surface area contributed by atoms with E-state index < -0.39 is 0 Å². The van der Waals surface area contributed by atoms with Gasteiger partial charge in [-0.25, -0.2) is 0 Å². The average molecular weight is 416 g/mol. The Kier molecular flexibility index (Phi) is 7.07. The van der Waals surface area contributed by atoms with E-state index in [4.69, 9.17) is 21.1 Å². The van der Waals surface area contributed by atoms with Crippen molar-refractivity contribution in [2.75, 3.05) is 13.2 Å². The molecule has 5 heteroatoms. The van der Waals surface area contributed by atoms with Crippen LogP contribution in [0.5, 0.6) is 11.5 Å². The summed E-state index contributed by atoms with van der Waals surface area (Å²) >= 11 is 6.03. The number of halogens is 1. The predicted molar refractivity (Wildman–Crippen MR) is 117 cm³/mol. The number of carbonyl (C=O) groups is 1. The van der Waals surface area contributed by atoms with Gasteiger partial charge in [-0.2, -0.15) is 0 Å². The second-order valence-electron chi connectivity index (χ2n) is 8.26. The van der Waals surface area contributed by atoms with Crippen molar-refractivity contribution in [3.05, 3.63) is 58.6 Å². The number of amides is 1. The summed E-state index contributed by atoms with van der Waals surface area (Å²) in [4.78, 5) is 13.3. The van der Waals surface area contributed by atoms with E-state index in [2.05, 4.69) is 33.0 Å². The first-order valence-corrected chi connectivity index (χ1v) is 10.7. The molecule has 1 aliphatic heterocycles. The van der Waals surface area contributed by atoms with Crippen molar-refractivity contribution in [2.24, 2.45) is 11.8 Å². The van der Waals surface area contributed by atoms with E-state index in [1.165, 1.54) is 0 Å². The Labute approximate surface area is 178 Å². The van der Waals surface area contributed by atoms with E-state index in [0.29, 0.717) is 18.2 Å². The Morgan fingerprint density at radius 3 is 2.14 bits per heavy atom. The molecule has 0 fully saturated rings. The zero-order chi connectivity index (χ0) is 21.0. The maximum Gasteiger partial charge on any atom is 0.228 e. The van der Waals surface area contributed by atoms with Crippen LogP contribution >= 0.6 is 11.6 Å². The highest BCUT2D eigenvalue weighted by Crippen LogP contribution is 2.35. The van der Waals surface area contributed by atoms with Gasteiger partial charge in [0, 0.05) is 11.4 Å². The molecule has 3 rings (SSSR count). The van der Waals surface area contributed by atoms with Crippen LogP contribution in [0.2, 0.25) is 5.02 Å². The van der Waals surface area contributed by atoms with Gasteiger partial charge in [0.2, 0.25) is 5.91 Å². The standard InChI is InChI=1S/C24H30ClNO3/c1-15(2)22(17-6-9-19(25)10-7-17)24(27)26-23(16(3)4)18-8-11-20-21(14-18)29-13-5-12-28-20/h6-11,14-16,22-23H,5,12-13H2,1-4H3,(H,26,27)/t22-,23-/m0/s1. The zero-order valence-electron chi connectivity index (χ0n) is 17.6. The van der Waals surface area contributed by atoms with Crippen molar-refractivity contribution < 1.29 is 14.3 Å². The molecule has 0 aromatic heterocycles. The molecule has 0 radical (unpaired) electrons. The lowest BCUT2D eigenvalue weighted by molar-refractivity contribution is -0.124. The molecule has 0 bridgehead atoms. The minimum absolute atomic E-state index is 0.0214. The molecule has 0 spiro atoms. The summed E-state index contributed by atoms with van der Waals surface area (Å²) in [5.41, 5.74) is 2.00. The van der Waals surface area contributed by atoms with Crippen LogP contribution in [-0.4, -0.2) is 19.1 Å². The van der Waals surface area contributed by atoms with Crippen LogP contribution in [0.15, 0.2) is 42.5 Å². The number of hydrogen-bond donors (Lipinski definition) is 1. The van der Waals surface area contributed by atoms with Crippen molar-refractivity contribution in [3.8, 4) is 11.5 Å². The van der Waals surface area contributed by atoms with Crippen LogP contribution in [0.25, 0.3) is 0 Å². The van der Waals surface area contributed by atoms with Crippen molar-refractivity contribution >= 4 is 17.5 Å². The number of nitrogens with one attached hydrogen (secondary N) is 1. The molecule has 0 aliphatic carbocycles. The van der Waals surface area contributed by atoms with Crippen molar-refractivity contribution in [2.45, 2.75) is 46.1 Å². The van der Waals surface area contributed by atoms with Gasteiger partial charge < -0.3 is 14.8 Å². The molecule has 1 N–H and O–H groups in total. The first-order chi connectivity index (χ1) is 13.9. The predicted octanol–water partition coefficient (Wildman–Crippen LogP) is 5.75. The molecule has 0 saturated carbocycles. The van der Waals surface area contributed by atoms with Gasteiger partial charge >= 0.3 is 0 Å². The highest BCUT2D eigenvalue weighted by molar-refractivity contribution is 6.30. The van der Waals surface area contributed by atoms with Gasteiger partial charge in [0.1, 0.15) is 0 Å². The minimum atomic E-state index is -0.242. The SMILES string of the molecule is CC(C)[C@H](NC(=O)[C@H](c1ccc(Cl)cc1)C(C)C)c1ccc2c(c1)OCCCO2. The van der Waals surface area contributed by atoms with E-state index in [1.807, 2.05) is 42.5 Å². The Hall–Kier alpha value is -2.20. The molecular formula is C24H30ClNO3. The number of rotatable bonds is 6. The maximum absolute atomic E-state index is 13.3. The van der Waals surface area contributed by atoms with Gasteiger partial charge in [-0.15, -0.1) is 0 Å². The molecule has 0 saturated heterocycles. The summed E-state index contributed by atoms with van der Waals surface area (Å²) in [5.74, 6) is 1.68. The molecule has 0 unspecified atom stereocenters. The number of fused-ring (bicyclic) bond motifs is 1. The third-order valence-corrected chi connectivity index (χ3v) is 5.53. The number of hydrogen-bond acceptors (Lipinski definition) is 3. The molecule has 1 amide bonds. The van der Waals surface area contributed by atoms with Crippen LogP contribution in [-0.2, 0) is 4.79 Å². The number of benzene rings is 2. The van der Waals surface area contributed by atoms with E-state index >= 15 is 0 Å². The molecule has 2 aromatic carbocycles. The molecule has 2 aromatic rings. The summed E-state index contributed by atoms with van der Waals surface area (Å²) in [6, 6.07) is 13.4. The lowest BCUT2D eigenvalue weighted by atomic mass is 9.86. The van der Waals surface area contributed by atoms with E-state index in [0.717, 1.165) is 29.0 Å². The normalized spacial score (nSPS) is 15.7. The fourth-order valence-electron chi connectivity index (χ4n) is 3.76. The van der Waals surface area contributed by atoms with Crippen LogP contribution < -0.4 is 14.8 Å². The summed E-state index contributed by atoms with van der Waals surface area (Å²) in [5, 5.41) is 3.95. The maximum atomic E-state index is 13.3. The fraction of sp³-hybridized carbons (Fsp3) is 0.458. The van der Waals surface area contributed by atoms with Gasteiger partial charge in [-0.05, 0) is 47.2 Å². The monoisotopic (exact) mass is 415 g/mol. The number of ether oxygens (including phenoxy) is 2. The third-order valence-electron chi connectivity index (χ3n) is 5.27. The molecule has 2 atom stereocenters. The molecule has 156 valence electrons. The second-order valence-corrected chi connectivity index (χ2v) is 8.70. The first kappa shape index (κ1) is 21.5. The highest BCUT2D eigenvalue weighted by atomic mass is 35.5. The Morgan fingerprint density at radius 1 is 0.897 bits per heavy atom. The summed E-state index contributed by atoms with van der Waals surface area (Å²) < 4.78 is 11.6. The van der Waals surface area contributed by atoms with Gasteiger partial charge in [0.15, 0.2) is 11.5 Å². The van der Waals surface area contributed by atoms with Crippen molar-refractivity contribution in [1.82, 2.24) is 5.32 Å². The van der Waals surface area contributed by atoms with Crippen molar-refractivity contribution in [1.29, 1.82) is 0 Å². The molecule has 1 aliphatic rings. The smallest absolute Gasteiger partial charge is 0.228 e. The molecule has 4 nitrogen and oxygen atoms in total. The average Bonchev–Trinajstić information content (AvgIpc) is 2.92. The lowest BCUT2D eigenvalue weighted by Crippen LogP contribution is -2.37. The van der Waals surface area contributed by atoms with Crippen LogP contribution in [0, 0.1) is 11.8 Å². The minimum Gasteiger partial charge on any atom is -0.490 e. The Balaban J connectivity index is 1.85. The second kappa shape index (κ2) is 9.53. The largest absolute Gasteiger partial charge is 0.490 e. The summed E-state index contributed by atoms with van der Waals surface area (Å²) in [7, 11) is 0. The van der Waals surface area contributed by atoms with E-state index in [-0.39, 0.29) is 29.7 Å². The van der Waals surface area contributed by atoms with Crippen molar-refractivity contribution in [3.63, 3.8) is 0 Å². The van der Waals surface area contributed by atoms with Crippen LogP contribution in [0.1, 0.15) is 57.2 Å².